The zero-order valence-electron chi connectivity index (χ0n) is 17.1. The number of pyridine rings is 1. The van der Waals surface area contributed by atoms with Crippen molar-refractivity contribution in [2.45, 2.75) is 44.2 Å². The molecule has 1 aliphatic rings. The number of nitrogens with zero attached hydrogens (tertiary/aromatic N) is 3. The fourth-order valence-corrected chi connectivity index (χ4v) is 4.15. The van der Waals surface area contributed by atoms with Crippen LogP contribution in [0, 0.1) is 11.3 Å². The van der Waals surface area contributed by atoms with Crippen LogP contribution in [-0.2, 0) is 6.61 Å². The third-order valence-electron chi connectivity index (χ3n) is 5.64. The van der Waals surface area contributed by atoms with E-state index in [4.69, 9.17) is 4.74 Å². The summed E-state index contributed by atoms with van der Waals surface area (Å²) < 4.78 is 7.09. The van der Waals surface area contributed by atoms with E-state index in [-0.39, 0.29) is 0 Å². The molecule has 158 valence electrons. The quantitative estimate of drug-likeness (QED) is 0.506. The zero-order chi connectivity index (χ0) is 21.7. The van der Waals surface area contributed by atoms with Gasteiger partial charge in [0.1, 0.15) is 17.9 Å². The Kier molecular flexibility index (Phi) is 6.28. The first-order valence-corrected chi connectivity index (χ1v) is 10.8. The van der Waals surface area contributed by atoms with Crippen molar-refractivity contribution in [3.63, 3.8) is 0 Å². The molecule has 0 bridgehead atoms. The zero-order valence-corrected chi connectivity index (χ0v) is 18.0. The van der Waals surface area contributed by atoms with Gasteiger partial charge in [-0.1, -0.05) is 43.5 Å². The molecule has 0 aliphatic heterocycles. The van der Waals surface area contributed by atoms with Gasteiger partial charge >= 0.3 is 6.03 Å². The molecule has 1 aromatic heterocycles. The van der Waals surface area contributed by atoms with Gasteiger partial charge in [-0.15, -0.1) is 0 Å². The van der Waals surface area contributed by atoms with Crippen molar-refractivity contribution in [2.75, 3.05) is 5.32 Å². The number of hydrogen-bond acceptors (Lipinski definition) is 5. The summed E-state index contributed by atoms with van der Waals surface area (Å²) in [6, 6.07) is 21.0. The van der Waals surface area contributed by atoms with Gasteiger partial charge < -0.3 is 10.1 Å². The van der Waals surface area contributed by atoms with Gasteiger partial charge in [0.25, 0.3) is 0 Å². The van der Waals surface area contributed by atoms with Gasteiger partial charge in [-0.3, -0.25) is 4.31 Å². The fourth-order valence-electron chi connectivity index (χ4n) is 3.86. The van der Waals surface area contributed by atoms with Gasteiger partial charge in [-0.2, -0.15) is 5.26 Å². The molecule has 1 fully saturated rings. The Bertz CT molecular complexity index is 1100. The predicted octanol–water partition coefficient (Wildman–Crippen LogP) is 5.72. The number of carbonyl (C=O) groups excluding carboxylic acids is 1. The molecular formula is C24H24N4O2S. The molecule has 2 aromatic carbocycles. The van der Waals surface area contributed by atoms with Crippen molar-refractivity contribution < 1.29 is 9.53 Å². The average molecular weight is 433 g/mol. The lowest BCUT2D eigenvalue weighted by Gasteiger charge is -2.37. The van der Waals surface area contributed by atoms with Crippen molar-refractivity contribution in [3.8, 4) is 11.8 Å². The van der Waals surface area contributed by atoms with Gasteiger partial charge in [-0.25, -0.2) is 9.78 Å². The third kappa shape index (κ3) is 4.75. The van der Waals surface area contributed by atoms with E-state index in [0.29, 0.717) is 30.9 Å². The highest BCUT2D eigenvalue weighted by Gasteiger charge is 2.40. The Hall–Kier alpha value is -3.24. The molecule has 0 spiro atoms. The molecule has 0 saturated heterocycles. The number of ether oxygens (including phenoxy) is 1. The Morgan fingerprint density at radius 2 is 1.84 bits per heavy atom. The molecule has 4 rings (SSSR count). The lowest BCUT2D eigenvalue weighted by atomic mass is 9.83. The molecule has 1 N–H and O–H groups in total. The molecule has 2 amide bonds. The Morgan fingerprint density at radius 3 is 2.58 bits per heavy atom. The number of nitrogens with one attached hydrogen (secondary N) is 1. The standard InChI is InChI=1S/C24H24N4O2S/c25-17-24(14-4-1-5-15-24)28(31)23(29)27-19-10-12-21(13-11-19)30-16-20-9-8-18-6-2-3-7-22(18)26-20/h2-3,6-13,31H,1,4-5,14-16H2,(H,27,29). The van der Waals surface area contributed by atoms with E-state index < -0.39 is 11.6 Å². The van der Waals surface area contributed by atoms with Gasteiger partial charge in [0.2, 0.25) is 0 Å². The Morgan fingerprint density at radius 1 is 1.10 bits per heavy atom. The number of anilines is 1. The van der Waals surface area contributed by atoms with Crippen LogP contribution >= 0.6 is 12.8 Å². The van der Waals surface area contributed by atoms with Crippen molar-refractivity contribution in [2.24, 2.45) is 0 Å². The summed E-state index contributed by atoms with van der Waals surface area (Å²) in [7, 11) is 0. The minimum Gasteiger partial charge on any atom is -0.487 e. The highest BCUT2D eigenvalue weighted by molar-refractivity contribution is 7.78. The largest absolute Gasteiger partial charge is 0.487 e. The molecular weight excluding hydrogens is 408 g/mol. The van der Waals surface area contributed by atoms with Crippen LogP contribution in [0.25, 0.3) is 10.9 Å². The van der Waals surface area contributed by atoms with Crippen molar-refractivity contribution in [1.82, 2.24) is 9.29 Å². The first-order chi connectivity index (χ1) is 15.1. The van der Waals surface area contributed by atoms with Crippen LogP contribution in [0.1, 0.15) is 37.8 Å². The van der Waals surface area contributed by atoms with Gasteiger partial charge in [-0.05, 0) is 62.1 Å². The van der Waals surface area contributed by atoms with Gasteiger partial charge in [0.05, 0.1) is 17.3 Å². The lowest BCUT2D eigenvalue weighted by molar-refractivity contribution is 0.193. The molecule has 0 radical (unpaired) electrons. The van der Waals surface area contributed by atoms with Gasteiger partial charge in [0, 0.05) is 11.1 Å². The number of nitriles is 1. The van der Waals surface area contributed by atoms with E-state index in [0.717, 1.165) is 35.9 Å². The molecule has 7 heteroatoms. The van der Waals surface area contributed by atoms with Crippen molar-refractivity contribution >= 4 is 35.4 Å². The van der Waals surface area contributed by atoms with E-state index in [1.54, 1.807) is 24.3 Å². The maximum absolute atomic E-state index is 12.6. The molecule has 0 atom stereocenters. The second kappa shape index (κ2) is 9.27. The Balaban J connectivity index is 1.35. The first-order valence-electron chi connectivity index (χ1n) is 10.4. The first kappa shape index (κ1) is 21.0. The second-order valence-electron chi connectivity index (χ2n) is 7.75. The van der Waals surface area contributed by atoms with Gasteiger partial charge in [0.15, 0.2) is 0 Å². The normalized spacial score (nSPS) is 15.1. The maximum Gasteiger partial charge on any atom is 0.333 e. The summed E-state index contributed by atoms with van der Waals surface area (Å²) in [5.41, 5.74) is 1.55. The second-order valence-corrected chi connectivity index (χ2v) is 8.15. The highest BCUT2D eigenvalue weighted by atomic mass is 32.1. The van der Waals surface area contributed by atoms with Crippen LogP contribution in [0.2, 0.25) is 0 Å². The summed E-state index contributed by atoms with van der Waals surface area (Å²) in [6.07, 6.45) is 4.24. The maximum atomic E-state index is 12.6. The van der Waals surface area contributed by atoms with Crippen LogP contribution in [0.15, 0.2) is 60.7 Å². The molecule has 6 nitrogen and oxygen atoms in total. The lowest BCUT2D eigenvalue weighted by Crippen LogP contribution is -2.48. The molecule has 31 heavy (non-hydrogen) atoms. The number of benzene rings is 2. The van der Waals surface area contributed by atoms with E-state index in [1.165, 1.54) is 4.31 Å². The third-order valence-corrected chi connectivity index (χ3v) is 6.20. The van der Waals surface area contributed by atoms with Crippen molar-refractivity contribution in [1.29, 1.82) is 5.26 Å². The number of aromatic nitrogens is 1. The van der Waals surface area contributed by atoms with Crippen LogP contribution in [0.4, 0.5) is 10.5 Å². The molecule has 1 heterocycles. The van der Waals surface area contributed by atoms with E-state index >= 15 is 0 Å². The minimum absolute atomic E-state index is 0.353. The molecule has 1 saturated carbocycles. The predicted molar refractivity (Wildman–Crippen MR) is 124 cm³/mol. The number of amides is 2. The summed E-state index contributed by atoms with van der Waals surface area (Å²) in [5.74, 6) is 0.677. The molecule has 0 unspecified atom stereocenters. The number of urea groups is 1. The van der Waals surface area contributed by atoms with E-state index in [9.17, 15) is 10.1 Å². The summed E-state index contributed by atoms with van der Waals surface area (Å²) in [4.78, 5) is 17.2. The van der Waals surface area contributed by atoms with E-state index in [2.05, 4.69) is 29.2 Å². The molecule has 3 aromatic rings. The number of carbonyl (C=O) groups is 1. The van der Waals surface area contributed by atoms with Crippen LogP contribution in [0.5, 0.6) is 5.75 Å². The minimum atomic E-state index is -0.846. The number of thiol groups is 1. The van der Waals surface area contributed by atoms with Crippen molar-refractivity contribution in [3.05, 3.63) is 66.4 Å². The summed E-state index contributed by atoms with van der Waals surface area (Å²) in [5, 5.41) is 13.5. The Labute approximate surface area is 187 Å². The average Bonchev–Trinajstić information content (AvgIpc) is 2.83. The number of hydrogen-bond donors (Lipinski definition) is 2. The smallest absolute Gasteiger partial charge is 0.333 e. The summed E-state index contributed by atoms with van der Waals surface area (Å²) >= 11 is 4.35. The van der Waals surface area contributed by atoms with E-state index in [1.807, 2.05) is 36.4 Å². The number of rotatable bonds is 5. The van der Waals surface area contributed by atoms with Crippen LogP contribution in [-0.4, -0.2) is 20.9 Å². The number of fused-ring (bicyclic) bond motifs is 1. The SMILES string of the molecule is N#CC1(N(S)C(=O)Nc2ccc(OCc3ccc4ccccc4n3)cc2)CCCCC1. The monoisotopic (exact) mass is 432 g/mol. The highest BCUT2D eigenvalue weighted by Crippen LogP contribution is 2.34. The number of para-hydroxylation sites is 1. The topological polar surface area (TPSA) is 78.2 Å². The molecule has 1 aliphatic carbocycles. The fraction of sp³-hybridized carbons (Fsp3) is 0.292. The van der Waals surface area contributed by atoms with Crippen LogP contribution < -0.4 is 10.1 Å². The van der Waals surface area contributed by atoms with Crippen LogP contribution in [0.3, 0.4) is 0 Å². The summed E-state index contributed by atoms with van der Waals surface area (Å²) in [6.45, 7) is 0.353.